The Bertz CT molecular complexity index is 564. The molecule has 2 rings (SSSR count). The second-order valence-corrected chi connectivity index (χ2v) is 5.61. The Hall–Kier alpha value is -1.56. The lowest BCUT2D eigenvalue weighted by atomic mass is 10.1. The van der Waals surface area contributed by atoms with Crippen molar-refractivity contribution < 1.29 is 4.79 Å². The molecule has 19 heavy (non-hydrogen) atoms. The molecule has 0 fully saturated rings. The Kier molecular flexibility index (Phi) is 4.42. The molecule has 3 N–H and O–H groups in total. The van der Waals surface area contributed by atoms with Crippen LogP contribution in [0.2, 0.25) is 0 Å². The monoisotopic (exact) mass is 366 g/mol. The molecule has 0 spiro atoms. The van der Waals surface area contributed by atoms with Crippen LogP contribution in [0.5, 0.6) is 0 Å². The molecule has 0 aliphatic heterocycles. The first-order valence-electron chi connectivity index (χ1n) is 5.98. The topological polar surface area (TPSA) is 55.1 Å². The fourth-order valence-electron chi connectivity index (χ4n) is 1.75. The van der Waals surface area contributed by atoms with E-state index >= 15 is 0 Å². The van der Waals surface area contributed by atoms with Gasteiger partial charge in [0.05, 0.1) is 6.04 Å². The highest BCUT2D eigenvalue weighted by atomic mass is 127. The zero-order valence-electron chi connectivity index (χ0n) is 10.6. The average molecular weight is 366 g/mol. The third-order valence-corrected chi connectivity index (χ3v) is 3.61. The molecule has 2 aromatic carbocycles. The first-order chi connectivity index (χ1) is 9.06. The van der Waals surface area contributed by atoms with Crippen molar-refractivity contribution in [2.75, 3.05) is 5.73 Å². The van der Waals surface area contributed by atoms with Gasteiger partial charge in [-0.1, -0.05) is 12.1 Å². The van der Waals surface area contributed by atoms with E-state index in [1.54, 1.807) is 0 Å². The highest BCUT2D eigenvalue weighted by Crippen LogP contribution is 2.15. The van der Waals surface area contributed by atoms with Gasteiger partial charge in [0.2, 0.25) is 0 Å². The van der Waals surface area contributed by atoms with Crippen LogP contribution in [0.1, 0.15) is 28.9 Å². The minimum Gasteiger partial charge on any atom is -0.399 e. The van der Waals surface area contributed by atoms with Crippen LogP contribution in [0.25, 0.3) is 0 Å². The molecule has 3 nitrogen and oxygen atoms in total. The van der Waals surface area contributed by atoms with Crippen molar-refractivity contribution in [3.8, 4) is 0 Å². The van der Waals surface area contributed by atoms with Crippen molar-refractivity contribution in [1.82, 2.24) is 5.32 Å². The van der Waals surface area contributed by atoms with E-state index in [4.69, 9.17) is 5.73 Å². The lowest BCUT2D eigenvalue weighted by Crippen LogP contribution is -2.26. The quantitative estimate of drug-likeness (QED) is 0.647. The van der Waals surface area contributed by atoms with E-state index in [0.29, 0.717) is 5.56 Å². The van der Waals surface area contributed by atoms with Crippen molar-refractivity contribution in [1.29, 1.82) is 0 Å². The van der Waals surface area contributed by atoms with Crippen molar-refractivity contribution in [3.05, 3.63) is 63.2 Å². The minimum atomic E-state index is -0.0688. The number of carbonyl (C=O) groups is 1. The molecule has 4 heteroatoms. The Morgan fingerprint density at radius 3 is 2.26 bits per heavy atom. The Labute approximate surface area is 126 Å². The molecule has 0 saturated carbocycles. The van der Waals surface area contributed by atoms with Gasteiger partial charge in [0, 0.05) is 14.8 Å². The maximum absolute atomic E-state index is 12.1. The van der Waals surface area contributed by atoms with Gasteiger partial charge in [-0.15, -0.1) is 0 Å². The molecular formula is C15H15IN2O. The van der Waals surface area contributed by atoms with E-state index < -0.39 is 0 Å². The second-order valence-electron chi connectivity index (χ2n) is 4.37. The van der Waals surface area contributed by atoms with Crippen LogP contribution in [0.4, 0.5) is 5.69 Å². The van der Waals surface area contributed by atoms with Gasteiger partial charge in [0.15, 0.2) is 0 Å². The number of hydrogen-bond acceptors (Lipinski definition) is 2. The fraction of sp³-hybridized carbons (Fsp3) is 0.133. The summed E-state index contributed by atoms with van der Waals surface area (Å²) >= 11 is 2.21. The number of rotatable bonds is 3. The molecule has 0 aliphatic carbocycles. The third-order valence-electron chi connectivity index (χ3n) is 2.89. The third kappa shape index (κ3) is 3.70. The van der Waals surface area contributed by atoms with E-state index in [1.165, 1.54) is 0 Å². The summed E-state index contributed by atoms with van der Waals surface area (Å²) in [7, 11) is 0. The van der Waals surface area contributed by atoms with E-state index in [0.717, 1.165) is 14.8 Å². The SMILES string of the molecule is CC(NC(=O)c1ccc(I)cc1)c1ccc(N)cc1. The minimum absolute atomic E-state index is 0.0487. The average Bonchev–Trinajstić information content (AvgIpc) is 2.40. The predicted molar refractivity (Wildman–Crippen MR) is 85.9 cm³/mol. The maximum Gasteiger partial charge on any atom is 0.251 e. The fourth-order valence-corrected chi connectivity index (χ4v) is 2.11. The largest absolute Gasteiger partial charge is 0.399 e. The number of hydrogen-bond donors (Lipinski definition) is 2. The van der Waals surface area contributed by atoms with E-state index in [2.05, 4.69) is 27.9 Å². The highest BCUT2D eigenvalue weighted by Gasteiger charge is 2.11. The van der Waals surface area contributed by atoms with Gasteiger partial charge in [-0.25, -0.2) is 0 Å². The van der Waals surface area contributed by atoms with Crippen molar-refractivity contribution in [2.24, 2.45) is 0 Å². The summed E-state index contributed by atoms with van der Waals surface area (Å²) in [6.45, 7) is 1.95. The molecule has 98 valence electrons. The molecule has 0 bridgehead atoms. The number of benzene rings is 2. The summed E-state index contributed by atoms with van der Waals surface area (Å²) in [6.07, 6.45) is 0. The molecule has 2 aromatic rings. The number of anilines is 1. The first-order valence-corrected chi connectivity index (χ1v) is 7.06. The molecule has 0 aromatic heterocycles. The number of nitrogen functional groups attached to an aromatic ring is 1. The second kappa shape index (κ2) is 6.06. The summed E-state index contributed by atoms with van der Waals surface area (Å²) in [6, 6.07) is 15.0. The zero-order chi connectivity index (χ0) is 13.8. The molecule has 1 unspecified atom stereocenters. The van der Waals surface area contributed by atoms with Crippen LogP contribution in [0, 0.1) is 3.57 Å². The van der Waals surface area contributed by atoms with Crippen LogP contribution < -0.4 is 11.1 Å². The number of amides is 1. The summed E-state index contributed by atoms with van der Waals surface area (Å²) in [5.41, 5.74) is 8.07. The maximum atomic E-state index is 12.1. The van der Waals surface area contributed by atoms with Gasteiger partial charge in [-0.3, -0.25) is 4.79 Å². The van der Waals surface area contributed by atoms with Crippen LogP contribution in [-0.4, -0.2) is 5.91 Å². The highest BCUT2D eigenvalue weighted by molar-refractivity contribution is 14.1. The number of nitrogens with two attached hydrogens (primary N) is 1. The van der Waals surface area contributed by atoms with Gasteiger partial charge in [-0.2, -0.15) is 0 Å². The summed E-state index contributed by atoms with van der Waals surface area (Å²) < 4.78 is 1.11. The molecule has 1 amide bonds. The first kappa shape index (κ1) is 13.9. The summed E-state index contributed by atoms with van der Waals surface area (Å²) in [5.74, 6) is -0.0688. The molecule has 1 atom stereocenters. The van der Waals surface area contributed by atoms with E-state index in [9.17, 15) is 4.79 Å². The van der Waals surface area contributed by atoms with Crippen molar-refractivity contribution in [3.63, 3.8) is 0 Å². The molecule has 0 aliphatic rings. The smallest absolute Gasteiger partial charge is 0.251 e. The Morgan fingerprint density at radius 1 is 1.11 bits per heavy atom. The number of halogens is 1. The standard InChI is InChI=1S/C15H15IN2O/c1-10(11-4-8-14(17)9-5-11)18-15(19)12-2-6-13(16)7-3-12/h2-10H,17H2,1H3,(H,18,19). The number of nitrogens with one attached hydrogen (secondary N) is 1. The molecule has 0 saturated heterocycles. The van der Waals surface area contributed by atoms with Crippen LogP contribution >= 0.6 is 22.6 Å². The van der Waals surface area contributed by atoms with Crippen LogP contribution in [-0.2, 0) is 0 Å². The molecule has 0 radical (unpaired) electrons. The van der Waals surface area contributed by atoms with Crippen molar-refractivity contribution >= 4 is 34.2 Å². The molecular weight excluding hydrogens is 351 g/mol. The summed E-state index contributed by atoms with van der Waals surface area (Å²) in [5, 5.41) is 2.97. The van der Waals surface area contributed by atoms with Gasteiger partial charge in [0.25, 0.3) is 5.91 Å². The molecule has 0 heterocycles. The number of carbonyl (C=O) groups excluding carboxylic acids is 1. The normalized spacial score (nSPS) is 11.9. The lowest BCUT2D eigenvalue weighted by molar-refractivity contribution is 0.0940. The van der Waals surface area contributed by atoms with Crippen LogP contribution in [0.3, 0.4) is 0 Å². The summed E-state index contributed by atoms with van der Waals surface area (Å²) in [4.78, 5) is 12.1. The van der Waals surface area contributed by atoms with Gasteiger partial charge in [0.1, 0.15) is 0 Å². The van der Waals surface area contributed by atoms with Gasteiger partial charge < -0.3 is 11.1 Å². The predicted octanol–water partition coefficient (Wildman–Crippen LogP) is 3.36. The Morgan fingerprint density at radius 2 is 1.68 bits per heavy atom. The zero-order valence-corrected chi connectivity index (χ0v) is 12.7. The lowest BCUT2D eigenvalue weighted by Gasteiger charge is -2.14. The van der Waals surface area contributed by atoms with E-state index in [1.807, 2.05) is 55.5 Å². The van der Waals surface area contributed by atoms with E-state index in [-0.39, 0.29) is 11.9 Å². The Balaban J connectivity index is 2.06. The van der Waals surface area contributed by atoms with Crippen molar-refractivity contribution in [2.45, 2.75) is 13.0 Å². The van der Waals surface area contributed by atoms with Gasteiger partial charge >= 0.3 is 0 Å². The van der Waals surface area contributed by atoms with Gasteiger partial charge in [-0.05, 0) is 71.5 Å². The van der Waals surface area contributed by atoms with Crippen LogP contribution in [0.15, 0.2) is 48.5 Å².